The summed E-state index contributed by atoms with van der Waals surface area (Å²) in [5.74, 6) is 0. The first-order valence-electron chi connectivity index (χ1n) is 8.51. The predicted molar refractivity (Wildman–Crippen MR) is 86.7 cm³/mol. The molecule has 0 N–H and O–H groups in total. The van der Waals surface area contributed by atoms with Gasteiger partial charge in [0.05, 0.1) is 19.1 Å². The number of nitrogens with zero attached hydrogens (tertiary/aromatic N) is 1. The van der Waals surface area contributed by atoms with Crippen LogP contribution in [0.1, 0.15) is 84.0 Å². The van der Waals surface area contributed by atoms with Crippen molar-refractivity contribution in [2.45, 2.75) is 84.0 Å². The monoisotopic (exact) mass is 279 g/mol. The molecule has 20 heavy (non-hydrogen) atoms. The highest BCUT2D eigenvalue weighted by Crippen LogP contribution is 2.09. The van der Waals surface area contributed by atoms with Crippen molar-refractivity contribution in [1.82, 2.24) is 0 Å². The Kier molecular flexibility index (Phi) is 17.5. The maximum atomic E-state index is 8.34. The summed E-state index contributed by atoms with van der Waals surface area (Å²) < 4.78 is 5.33. The molecule has 0 aromatic rings. The normalized spacial score (nSPS) is 11.0. The van der Waals surface area contributed by atoms with Gasteiger partial charge in [-0.05, 0) is 32.1 Å². The van der Waals surface area contributed by atoms with E-state index in [4.69, 9.17) is 10.00 Å². The van der Waals surface area contributed by atoms with Crippen LogP contribution in [-0.4, -0.2) is 13.2 Å². The summed E-state index contributed by atoms with van der Waals surface area (Å²) in [5, 5.41) is 8.34. The molecule has 0 rings (SSSR count). The molecular weight excluding hydrogens is 246 g/mol. The van der Waals surface area contributed by atoms with E-state index in [1.54, 1.807) is 0 Å². The smallest absolute Gasteiger partial charge is 0.0645 e. The molecule has 0 unspecified atom stereocenters. The Morgan fingerprint density at radius 2 is 1.40 bits per heavy atom. The molecule has 0 fully saturated rings. The van der Waals surface area contributed by atoms with E-state index in [1.165, 1.54) is 57.8 Å². The Morgan fingerprint density at radius 3 is 2.05 bits per heavy atom. The first-order valence-corrected chi connectivity index (χ1v) is 8.51. The van der Waals surface area contributed by atoms with Crippen LogP contribution in [0.5, 0.6) is 0 Å². The Bertz CT molecular complexity index is 242. The van der Waals surface area contributed by atoms with Crippen molar-refractivity contribution < 1.29 is 4.74 Å². The molecule has 0 aliphatic rings. The van der Waals surface area contributed by atoms with Gasteiger partial charge in [0.2, 0.25) is 0 Å². The largest absolute Gasteiger partial charge is 0.380 e. The van der Waals surface area contributed by atoms with Gasteiger partial charge >= 0.3 is 0 Å². The third-order valence-corrected chi connectivity index (χ3v) is 3.41. The lowest BCUT2D eigenvalue weighted by Gasteiger charge is -2.00. The molecule has 0 atom stereocenters. The van der Waals surface area contributed by atoms with Crippen LogP contribution in [0.25, 0.3) is 0 Å². The molecule has 0 bridgehead atoms. The second kappa shape index (κ2) is 18.2. The van der Waals surface area contributed by atoms with Gasteiger partial charge < -0.3 is 4.74 Å². The molecule has 0 saturated heterocycles. The van der Waals surface area contributed by atoms with Crippen molar-refractivity contribution in [1.29, 1.82) is 5.26 Å². The van der Waals surface area contributed by atoms with Crippen LogP contribution in [0.3, 0.4) is 0 Å². The van der Waals surface area contributed by atoms with Crippen molar-refractivity contribution >= 4 is 0 Å². The molecular formula is C18H33NO. The molecule has 0 aromatic heterocycles. The fraction of sp³-hybridized carbons (Fsp3) is 0.833. The molecule has 0 heterocycles. The highest BCUT2D eigenvalue weighted by atomic mass is 16.5. The first-order chi connectivity index (χ1) is 9.91. The Morgan fingerprint density at radius 1 is 0.800 bits per heavy atom. The minimum Gasteiger partial charge on any atom is -0.380 e. The number of rotatable bonds is 15. The standard InChI is InChI=1S/C18H33NO/c1-2-3-4-5-6-7-8-9-10-11-12-13-14-17-20-18-15-16-19/h10-11H,2-9,12-15,17-18H2,1H3/b11-10+. The maximum Gasteiger partial charge on any atom is 0.0645 e. The van der Waals surface area contributed by atoms with E-state index in [-0.39, 0.29) is 0 Å². The number of ether oxygens (including phenoxy) is 1. The number of hydrogen-bond donors (Lipinski definition) is 0. The van der Waals surface area contributed by atoms with E-state index < -0.39 is 0 Å². The quantitative estimate of drug-likeness (QED) is 0.281. The van der Waals surface area contributed by atoms with E-state index in [2.05, 4.69) is 25.1 Å². The van der Waals surface area contributed by atoms with Crippen molar-refractivity contribution in [2.24, 2.45) is 0 Å². The lowest BCUT2D eigenvalue weighted by molar-refractivity contribution is 0.136. The number of hydrogen-bond acceptors (Lipinski definition) is 2. The topological polar surface area (TPSA) is 33.0 Å². The van der Waals surface area contributed by atoms with Gasteiger partial charge in [0.25, 0.3) is 0 Å². The molecule has 2 nitrogen and oxygen atoms in total. The fourth-order valence-electron chi connectivity index (χ4n) is 2.14. The van der Waals surface area contributed by atoms with E-state index >= 15 is 0 Å². The van der Waals surface area contributed by atoms with Gasteiger partial charge in [-0.2, -0.15) is 5.26 Å². The molecule has 0 aliphatic heterocycles. The predicted octanol–water partition coefficient (Wildman–Crippen LogP) is 5.78. The van der Waals surface area contributed by atoms with Crippen LogP contribution in [0, 0.1) is 11.3 Å². The van der Waals surface area contributed by atoms with E-state index in [9.17, 15) is 0 Å². The molecule has 0 spiro atoms. The minimum absolute atomic E-state index is 0.512. The van der Waals surface area contributed by atoms with Gasteiger partial charge in [-0.15, -0.1) is 0 Å². The second-order valence-electron chi connectivity index (χ2n) is 5.40. The summed E-state index contributed by atoms with van der Waals surface area (Å²) in [5.41, 5.74) is 0. The molecule has 0 radical (unpaired) electrons. The van der Waals surface area contributed by atoms with Gasteiger partial charge in [0.15, 0.2) is 0 Å². The first kappa shape index (κ1) is 19.2. The zero-order valence-electron chi connectivity index (χ0n) is 13.4. The van der Waals surface area contributed by atoms with Crippen LogP contribution in [0.2, 0.25) is 0 Å². The molecule has 2 heteroatoms. The van der Waals surface area contributed by atoms with E-state index in [0.717, 1.165) is 19.4 Å². The number of allylic oxidation sites excluding steroid dienone is 2. The summed E-state index contributed by atoms with van der Waals surface area (Å²) in [7, 11) is 0. The van der Waals surface area contributed by atoms with Gasteiger partial charge in [0.1, 0.15) is 0 Å². The third kappa shape index (κ3) is 17.2. The summed E-state index contributed by atoms with van der Waals surface area (Å²) >= 11 is 0. The lowest BCUT2D eigenvalue weighted by Crippen LogP contribution is -1.95. The van der Waals surface area contributed by atoms with Crippen LogP contribution >= 0.6 is 0 Å². The fourth-order valence-corrected chi connectivity index (χ4v) is 2.14. The highest BCUT2D eigenvalue weighted by molar-refractivity contribution is 4.81. The SMILES string of the molecule is CCCCCCCCC/C=C/CCCCOCCC#N. The molecule has 0 saturated carbocycles. The van der Waals surface area contributed by atoms with Gasteiger partial charge in [-0.3, -0.25) is 0 Å². The van der Waals surface area contributed by atoms with Crippen LogP contribution < -0.4 is 0 Å². The number of nitriles is 1. The van der Waals surface area contributed by atoms with Gasteiger partial charge in [-0.1, -0.05) is 57.6 Å². The van der Waals surface area contributed by atoms with E-state index in [1.807, 2.05) is 0 Å². The summed E-state index contributed by atoms with van der Waals surface area (Å²) in [6.07, 6.45) is 19.6. The van der Waals surface area contributed by atoms with Crippen LogP contribution in [-0.2, 0) is 4.74 Å². The van der Waals surface area contributed by atoms with Crippen molar-refractivity contribution in [2.75, 3.05) is 13.2 Å². The van der Waals surface area contributed by atoms with Crippen LogP contribution in [0.15, 0.2) is 12.2 Å². The molecule has 116 valence electrons. The van der Waals surface area contributed by atoms with Gasteiger partial charge in [0, 0.05) is 6.61 Å². The zero-order chi connectivity index (χ0) is 14.7. The zero-order valence-corrected chi connectivity index (χ0v) is 13.4. The van der Waals surface area contributed by atoms with Crippen molar-refractivity contribution in [3.05, 3.63) is 12.2 Å². The Balaban J connectivity index is 3.04. The summed E-state index contributed by atoms with van der Waals surface area (Å²) in [6, 6.07) is 2.08. The number of unbranched alkanes of at least 4 members (excludes halogenated alkanes) is 9. The minimum atomic E-state index is 0.512. The summed E-state index contributed by atoms with van der Waals surface area (Å²) in [6.45, 7) is 3.65. The highest BCUT2D eigenvalue weighted by Gasteiger charge is 1.90. The maximum absolute atomic E-state index is 8.34. The van der Waals surface area contributed by atoms with E-state index in [0.29, 0.717) is 13.0 Å². The van der Waals surface area contributed by atoms with Crippen LogP contribution in [0.4, 0.5) is 0 Å². The third-order valence-electron chi connectivity index (χ3n) is 3.41. The average molecular weight is 279 g/mol. The molecule has 0 aromatic carbocycles. The van der Waals surface area contributed by atoms with Crippen molar-refractivity contribution in [3.8, 4) is 6.07 Å². The Hall–Kier alpha value is -0.810. The molecule has 0 amide bonds. The second-order valence-corrected chi connectivity index (χ2v) is 5.40. The van der Waals surface area contributed by atoms with Crippen molar-refractivity contribution in [3.63, 3.8) is 0 Å². The van der Waals surface area contributed by atoms with Gasteiger partial charge in [-0.25, -0.2) is 0 Å². The molecule has 0 aliphatic carbocycles. The lowest BCUT2D eigenvalue weighted by atomic mass is 10.1. The average Bonchev–Trinajstić information content (AvgIpc) is 2.47. The Labute approximate surface area is 126 Å². The summed E-state index contributed by atoms with van der Waals surface area (Å²) in [4.78, 5) is 0.